The largest absolute Gasteiger partial charge is 0.492 e. The van der Waals surface area contributed by atoms with Crippen LogP contribution in [0.1, 0.15) is 31.7 Å². The summed E-state index contributed by atoms with van der Waals surface area (Å²) in [6.07, 6.45) is 1.14. The van der Waals surface area contributed by atoms with E-state index in [9.17, 15) is 0 Å². The van der Waals surface area contributed by atoms with Crippen LogP contribution in [-0.2, 0) is 0 Å². The summed E-state index contributed by atoms with van der Waals surface area (Å²) in [5.74, 6) is 1.59. The summed E-state index contributed by atoms with van der Waals surface area (Å²) in [7, 11) is 4.17. The standard InChI is InChI=1S/C16H28N2O/c1-5-14(2)15-8-6-7-9-16(15)19-13-11-17-10-12-18(3)4/h6-9,14,17H,5,10-13H2,1-4H3. The number of rotatable bonds is 9. The summed E-state index contributed by atoms with van der Waals surface area (Å²) in [5, 5.41) is 3.38. The third-order valence-corrected chi connectivity index (χ3v) is 3.33. The Morgan fingerprint density at radius 3 is 2.63 bits per heavy atom. The van der Waals surface area contributed by atoms with Crippen LogP contribution in [0.2, 0.25) is 0 Å². The third kappa shape index (κ3) is 6.08. The predicted molar refractivity (Wildman–Crippen MR) is 82.1 cm³/mol. The molecule has 0 aliphatic carbocycles. The fourth-order valence-electron chi connectivity index (χ4n) is 1.90. The van der Waals surface area contributed by atoms with Crippen LogP contribution < -0.4 is 10.1 Å². The van der Waals surface area contributed by atoms with Gasteiger partial charge < -0.3 is 15.0 Å². The molecule has 0 bridgehead atoms. The third-order valence-electron chi connectivity index (χ3n) is 3.33. The molecule has 1 rings (SSSR count). The van der Waals surface area contributed by atoms with Crippen molar-refractivity contribution in [1.82, 2.24) is 10.2 Å². The van der Waals surface area contributed by atoms with E-state index in [0.717, 1.165) is 38.4 Å². The molecule has 0 aliphatic rings. The van der Waals surface area contributed by atoms with E-state index in [2.05, 4.69) is 56.4 Å². The smallest absolute Gasteiger partial charge is 0.122 e. The van der Waals surface area contributed by atoms with E-state index >= 15 is 0 Å². The zero-order valence-corrected chi connectivity index (χ0v) is 12.8. The normalized spacial score (nSPS) is 12.7. The van der Waals surface area contributed by atoms with Crippen molar-refractivity contribution in [3.63, 3.8) is 0 Å². The van der Waals surface area contributed by atoms with Crippen LogP contribution in [0.3, 0.4) is 0 Å². The van der Waals surface area contributed by atoms with Crippen molar-refractivity contribution in [3.05, 3.63) is 29.8 Å². The van der Waals surface area contributed by atoms with Gasteiger partial charge in [0.15, 0.2) is 0 Å². The molecule has 0 saturated carbocycles. The lowest BCUT2D eigenvalue weighted by Gasteiger charge is -2.16. The van der Waals surface area contributed by atoms with Crippen molar-refractivity contribution in [1.29, 1.82) is 0 Å². The molecule has 0 fully saturated rings. The Kier molecular flexibility index (Phi) is 7.53. The van der Waals surface area contributed by atoms with E-state index in [0.29, 0.717) is 5.92 Å². The number of likely N-dealkylation sites (N-methyl/N-ethyl adjacent to an activating group) is 1. The Hall–Kier alpha value is -1.06. The molecule has 1 N–H and O–H groups in total. The molecule has 0 heterocycles. The molecule has 3 heteroatoms. The zero-order chi connectivity index (χ0) is 14.1. The first-order valence-corrected chi connectivity index (χ1v) is 7.22. The Labute approximate surface area is 118 Å². The van der Waals surface area contributed by atoms with Crippen molar-refractivity contribution in [2.75, 3.05) is 40.3 Å². The molecule has 0 aromatic heterocycles. The maximum atomic E-state index is 5.89. The number of para-hydroxylation sites is 1. The minimum Gasteiger partial charge on any atom is -0.492 e. The molecule has 0 spiro atoms. The van der Waals surface area contributed by atoms with E-state index in [1.54, 1.807) is 0 Å². The Morgan fingerprint density at radius 2 is 1.95 bits per heavy atom. The highest BCUT2D eigenvalue weighted by molar-refractivity contribution is 5.35. The van der Waals surface area contributed by atoms with Gasteiger partial charge in [-0.15, -0.1) is 0 Å². The monoisotopic (exact) mass is 264 g/mol. The average molecular weight is 264 g/mol. The SMILES string of the molecule is CCC(C)c1ccccc1OCCNCCN(C)C. The lowest BCUT2D eigenvalue weighted by atomic mass is 9.98. The van der Waals surface area contributed by atoms with Gasteiger partial charge in [-0.05, 0) is 38.1 Å². The van der Waals surface area contributed by atoms with Crippen LogP contribution in [0.15, 0.2) is 24.3 Å². The van der Waals surface area contributed by atoms with Crippen molar-refractivity contribution in [2.45, 2.75) is 26.2 Å². The number of nitrogens with zero attached hydrogens (tertiary/aromatic N) is 1. The molecule has 19 heavy (non-hydrogen) atoms. The quantitative estimate of drug-likeness (QED) is 0.694. The van der Waals surface area contributed by atoms with Crippen LogP contribution in [0.4, 0.5) is 0 Å². The first kappa shape index (κ1) is 16.0. The van der Waals surface area contributed by atoms with Crippen LogP contribution in [0, 0.1) is 0 Å². The van der Waals surface area contributed by atoms with Gasteiger partial charge in [-0.2, -0.15) is 0 Å². The summed E-state index contributed by atoms with van der Waals surface area (Å²) in [6, 6.07) is 8.37. The Morgan fingerprint density at radius 1 is 1.21 bits per heavy atom. The van der Waals surface area contributed by atoms with Gasteiger partial charge in [0, 0.05) is 19.6 Å². The van der Waals surface area contributed by atoms with Gasteiger partial charge in [-0.3, -0.25) is 0 Å². The summed E-state index contributed by atoms with van der Waals surface area (Å²) in [5.41, 5.74) is 1.32. The summed E-state index contributed by atoms with van der Waals surface area (Å²) in [6.45, 7) is 8.14. The molecule has 1 aromatic rings. The molecule has 1 atom stereocenters. The van der Waals surface area contributed by atoms with Gasteiger partial charge in [0.1, 0.15) is 12.4 Å². The van der Waals surface area contributed by atoms with Crippen molar-refractivity contribution in [2.24, 2.45) is 0 Å². The number of hydrogen-bond acceptors (Lipinski definition) is 3. The maximum absolute atomic E-state index is 5.89. The van der Waals surface area contributed by atoms with E-state index in [-0.39, 0.29) is 0 Å². The Balaban J connectivity index is 2.33. The molecule has 1 unspecified atom stereocenters. The van der Waals surface area contributed by atoms with Crippen molar-refractivity contribution >= 4 is 0 Å². The summed E-state index contributed by atoms with van der Waals surface area (Å²) in [4.78, 5) is 2.17. The highest BCUT2D eigenvalue weighted by Crippen LogP contribution is 2.28. The summed E-state index contributed by atoms with van der Waals surface area (Å²) < 4.78 is 5.89. The molecular weight excluding hydrogens is 236 g/mol. The molecule has 0 saturated heterocycles. The minimum absolute atomic E-state index is 0.554. The van der Waals surface area contributed by atoms with Crippen molar-refractivity contribution < 1.29 is 4.74 Å². The lowest BCUT2D eigenvalue weighted by Crippen LogP contribution is -2.29. The molecule has 0 radical (unpaired) electrons. The van der Waals surface area contributed by atoms with Gasteiger partial charge in [0.05, 0.1) is 0 Å². The molecule has 0 aliphatic heterocycles. The van der Waals surface area contributed by atoms with Gasteiger partial charge in [0.25, 0.3) is 0 Å². The second kappa shape index (κ2) is 8.94. The van der Waals surface area contributed by atoms with Crippen LogP contribution in [0.5, 0.6) is 5.75 Å². The zero-order valence-electron chi connectivity index (χ0n) is 12.8. The lowest BCUT2D eigenvalue weighted by molar-refractivity contribution is 0.304. The molecule has 1 aromatic carbocycles. The molecule has 108 valence electrons. The average Bonchev–Trinajstić information content (AvgIpc) is 2.42. The maximum Gasteiger partial charge on any atom is 0.122 e. The fourth-order valence-corrected chi connectivity index (χ4v) is 1.90. The van der Waals surface area contributed by atoms with Gasteiger partial charge >= 0.3 is 0 Å². The number of ether oxygens (including phenoxy) is 1. The molecule has 3 nitrogen and oxygen atoms in total. The minimum atomic E-state index is 0.554. The first-order chi connectivity index (χ1) is 9.15. The fraction of sp³-hybridized carbons (Fsp3) is 0.625. The number of hydrogen-bond donors (Lipinski definition) is 1. The van der Waals surface area contributed by atoms with Gasteiger partial charge in [0.2, 0.25) is 0 Å². The Bertz CT molecular complexity index is 352. The van der Waals surface area contributed by atoms with E-state index < -0.39 is 0 Å². The van der Waals surface area contributed by atoms with Gasteiger partial charge in [-0.1, -0.05) is 32.0 Å². The van der Waals surface area contributed by atoms with E-state index in [1.165, 1.54) is 5.56 Å². The van der Waals surface area contributed by atoms with E-state index in [4.69, 9.17) is 4.74 Å². The number of benzene rings is 1. The van der Waals surface area contributed by atoms with Crippen molar-refractivity contribution in [3.8, 4) is 5.75 Å². The van der Waals surface area contributed by atoms with Crippen LogP contribution >= 0.6 is 0 Å². The first-order valence-electron chi connectivity index (χ1n) is 7.22. The number of nitrogens with one attached hydrogen (secondary N) is 1. The van der Waals surface area contributed by atoms with Crippen LogP contribution in [-0.4, -0.2) is 45.2 Å². The predicted octanol–water partition coefficient (Wildman–Crippen LogP) is 2.73. The summed E-state index contributed by atoms with van der Waals surface area (Å²) >= 11 is 0. The van der Waals surface area contributed by atoms with E-state index in [1.807, 2.05) is 6.07 Å². The molecular formula is C16H28N2O. The van der Waals surface area contributed by atoms with Crippen LogP contribution in [0.25, 0.3) is 0 Å². The topological polar surface area (TPSA) is 24.5 Å². The highest BCUT2D eigenvalue weighted by atomic mass is 16.5. The molecule has 0 amide bonds. The van der Waals surface area contributed by atoms with Gasteiger partial charge in [-0.25, -0.2) is 0 Å². The second-order valence-electron chi connectivity index (χ2n) is 5.25. The second-order valence-corrected chi connectivity index (χ2v) is 5.25. The highest BCUT2D eigenvalue weighted by Gasteiger charge is 2.08.